The largest absolute Gasteiger partial charge is 0.452 e. The van der Waals surface area contributed by atoms with E-state index in [1.807, 2.05) is 0 Å². The van der Waals surface area contributed by atoms with Gasteiger partial charge >= 0.3 is 12.1 Å². The van der Waals surface area contributed by atoms with Crippen molar-refractivity contribution in [2.75, 3.05) is 37.7 Å². The molecule has 1 heterocycles. The number of carbonyl (C=O) groups is 2. The van der Waals surface area contributed by atoms with Gasteiger partial charge in [0.1, 0.15) is 5.82 Å². The van der Waals surface area contributed by atoms with Crippen molar-refractivity contribution in [1.82, 2.24) is 4.90 Å². The van der Waals surface area contributed by atoms with Gasteiger partial charge in [0.2, 0.25) is 0 Å². The second-order valence-corrected chi connectivity index (χ2v) is 7.05. The minimum absolute atomic E-state index is 0.153. The Morgan fingerprint density at radius 2 is 1.73 bits per heavy atom. The number of halogens is 5. The topological polar surface area (TPSA) is 49.9 Å². The maximum atomic E-state index is 13.7. The van der Waals surface area contributed by atoms with Crippen LogP contribution in [0.2, 0.25) is 5.02 Å². The predicted octanol–water partition coefficient (Wildman–Crippen LogP) is 4.00. The van der Waals surface area contributed by atoms with Crippen molar-refractivity contribution < 1.29 is 31.9 Å². The van der Waals surface area contributed by atoms with E-state index in [1.165, 1.54) is 17.0 Å². The number of rotatable bonds is 4. The van der Waals surface area contributed by atoms with Crippen molar-refractivity contribution in [3.05, 3.63) is 64.4 Å². The molecule has 30 heavy (non-hydrogen) atoms. The molecule has 1 saturated heterocycles. The first-order valence-corrected chi connectivity index (χ1v) is 9.35. The Kier molecular flexibility index (Phi) is 6.50. The van der Waals surface area contributed by atoms with Crippen LogP contribution in [0.15, 0.2) is 42.5 Å². The van der Waals surface area contributed by atoms with E-state index in [2.05, 4.69) is 0 Å². The Labute approximate surface area is 174 Å². The summed E-state index contributed by atoms with van der Waals surface area (Å²) in [6, 6.07) is 8.39. The maximum absolute atomic E-state index is 13.7. The number of ether oxygens (including phenoxy) is 1. The molecule has 0 saturated carbocycles. The molecule has 3 rings (SSSR count). The van der Waals surface area contributed by atoms with Gasteiger partial charge in [0.15, 0.2) is 6.61 Å². The van der Waals surface area contributed by atoms with Gasteiger partial charge in [-0.15, -0.1) is 0 Å². The van der Waals surface area contributed by atoms with E-state index in [9.17, 15) is 27.2 Å². The summed E-state index contributed by atoms with van der Waals surface area (Å²) in [4.78, 5) is 27.4. The Balaban J connectivity index is 1.53. The third-order valence-corrected chi connectivity index (χ3v) is 4.88. The molecule has 0 aliphatic carbocycles. The van der Waals surface area contributed by atoms with Gasteiger partial charge < -0.3 is 14.5 Å². The zero-order valence-corrected chi connectivity index (χ0v) is 16.3. The van der Waals surface area contributed by atoms with Crippen molar-refractivity contribution in [3.8, 4) is 0 Å². The molecule has 0 bridgehead atoms. The average Bonchev–Trinajstić information content (AvgIpc) is 2.73. The van der Waals surface area contributed by atoms with Gasteiger partial charge in [-0.25, -0.2) is 9.18 Å². The van der Waals surface area contributed by atoms with Crippen LogP contribution in [0.25, 0.3) is 0 Å². The quantitative estimate of drug-likeness (QED) is 0.528. The number of carbonyl (C=O) groups excluding carboxylic acids is 2. The number of amides is 1. The minimum Gasteiger partial charge on any atom is -0.452 e. The van der Waals surface area contributed by atoms with E-state index >= 15 is 0 Å². The highest BCUT2D eigenvalue weighted by Crippen LogP contribution is 2.31. The number of benzene rings is 2. The first-order chi connectivity index (χ1) is 14.1. The monoisotopic (exact) mass is 444 g/mol. The lowest BCUT2D eigenvalue weighted by Crippen LogP contribution is -2.50. The average molecular weight is 445 g/mol. The van der Waals surface area contributed by atoms with Crippen LogP contribution in [0.4, 0.5) is 23.2 Å². The fourth-order valence-corrected chi connectivity index (χ4v) is 3.22. The lowest BCUT2D eigenvalue weighted by atomic mass is 10.1. The molecule has 0 radical (unpaired) electrons. The number of esters is 1. The van der Waals surface area contributed by atoms with Gasteiger partial charge in [0.05, 0.1) is 11.1 Å². The second-order valence-electron chi connectivity index (χ2n) is 6.62. The Bertz CT molecular complexity index is 944. The Morgan fingerprint density at radius 3 is 2.40 bits per heavy atom. The summed E-state index contributed by atoms with van der Waals surface area (Å²) in [5.74, 6) is -2.30. The van der Waals surface area contributed by atoms with Crippen molar-refractivity contribution in [3.63, 3.8) is 0 Å². The molecule has 5 nitrogen and oxygen atoms in total. The molecule has 10 heteroatoms. The number of piperazine rings is 1. The summed E-state index contributed by atoms with van der Waals surface area (Å²) in [7, 11) is 0. The van der Waals surface area contributed by atoms with E-state index in [-0.39, 0.29) is 23.7 Å². The first-order valence-electron chi connectivity index (χ1n) is 8.97. The predicted molar refractivity (Wildman–Crippen MR) is 102 cm³/mol. The standard InChI is InChI=1S/C20H17ClF4N2O3/c21-14-4-5-17(22)16(11-14)19(29)30-12-18(28)27-8-6-26(7-9-27)15-3-1-2-13(10-15)20(23,24)25/h1-5,10-11H,6-9,12H2. The fraction of sp³-hybridized carbons (Fsp3) is 0.300. The number of alkyl halides is 3. The molecule has 0 unspecified atom stereocenters. The molecule has 0 atom stereocenters. The van der Waals surface area contributed by atoms with Gasteiger partial charge in [-0.2, -0.15) is 13.2 Å². The smallest absolute Gasteiger partial charge is 0.416 e. The third-order valence-electron chi connectivity index (χ3n) is 4.65. The molecule has 1 amide bonds. The van der Waals surface area contributed by atoms with E-state index in [0.29, 0.717) is 18.8 Å². The zero-order valence-electron chi connectivity index (χ0n) is 15.6. The lowest BCUT2D eigenvalue weighted by Gasteiger charge is -2.36. The third kappa shape index (κ3) is 5.21. The summed E-state index contributed by atoms with van der Waals surface area (Å²) in [6.07, 6.45) is -4.43. The van der Waals surface area contributed by atoms with E-state index < -0.39 is 36.0 Å². The van der Waals surface area contributed by atoms with Gasteiger partial charge in [0.25, 0.3) is 5.91 Å². The normalized spacial score (nSPS) is 14.6. The molecule has 1 fully saturated rings. The summed E-state index contributed by atoms with van der Waals surface area (Å²) in [6.45, 7) is 0.568. The van der Waals surface area contributed by atoms with E-state index in [4.69, 9.17) is 16.3 Å². The second kappa shape index (κ2) is 8.91. The van der Waals surface area contributed by atoms with Gasteiger partial charge in [-0.3, -0.25) is 4.79 Å². The molecule has 1 aliphatic heterocycles. The molecular weight excluding hydrogens is 428 g/mol. The molecule has 0 aromatic heterocycles. The number of nitrogens with zero attached hydrogens (tertiary/aromatic N) is 2. The van der Waals surface area contributed by atoms with Crippen LogP contribution in [0, 0.1) is 5.82 Å². The van der Waals surface area contributed by atoms with Crippen LogP contribution >= 0.6 is 11.6 Å². The molecule has 1 aliphatic rings. The maximum Gasteiger partial charge on any atom is 0.416 e. The fourth-order valence-electron chi connectivity index (χ4n) is 3.04. The molecule has 0 spiro atoms. The highest BCUT2D eigenvalue weighted by Gasteiger charge is 2.31. The highest BCUT2D eigenvalue weighted by molar-refractivity contribution is 6.30. The summed E-state index contributed by atoms with van der Waals surface area (Å²) in [5.41, 5.74) is -0.692. The van der Waals surface area contributed by atoms with Crippen LogP contribution < -0.4 is 4.90 Å². The summed E-state index contributed by atoms with van der Waals surface area (Å²) >= 11 is 5.73. The van der Waals surface area contributed by atoms with Crippen molar-refractivity contribution in [2.24, 2.45) is 0 Å². The van der Waals surface area contributed by atoms with Gasteiger partial charge in [-0.1, -0.05) is 17.7 Å². The first kappa shape index (κ1) is 21.9. The highest BCUT2D eigenvalue weighted by atomic mass is 35.5. The molecule has 160 valence electrons. The van der Waals surface area contributed by atoms with Crippen molar-refractivity contribution in [1.29, 1.82) is 0 Å². The Morgan fingerprint density at radius 1 is 1.03 bits per heavy atom. The van der Waals surface area contributed by atoms with Crippen LogP contribution in [0.1, 0.15) is 15.9 Å². The van der Waals surface area contributed by atoms with Crippen LogP contribution in [-0.4, -0.2) is 49.6 Å². The van der Waals surface area contributed by atoms with Gasteiger partial charge in [-0.05, 0) is 36.4 Å². The van der Waals surface area contributed by atoms with Crippen molar-refractivity contribution >= 4 is 29.2 Å². The van der Waals surface area contributed by atoms with Crippen LogP contribution in [-0.2, 0) is 15.7 Å². The van der Waals surface area contributed by atoms with Crippen LogP contribution in [0.5, 0.6) is 0 Å². The van der Waals surface area contributed by atoms with Crippen LogP contribution in [0.3, 0.4) is 0 Å². The Hall–Kier alpha value is -2.81. The van der Waals surface area contributed by atoms with Crippen molar-refractivity contribution in [2.45, 2.75) is 6.18 Å². The van der Waals surface area contributed by atoms with E-state index in [1.54, 1.807) is 11.0 Å². The van der Waals surface area contributed by atoms with Gasteiger partial charge in [0, 0.05) is 36.9 Å². The molecule has 2 aromatic rings. The molecule has 2 aromatic carbocycles. The zero-order chi connectivity index (χ0) is 21.9. The SMILES string of the molecule is O=C(OCC(=O)N1CCN(c2cccc(C(F)(F)F)c2)CC1)c1cc(Cl)ccc1F. The summed E-state index contributed by atoms with van der Waals surface area (Å²) in [5, 5.41) is 0.153. The minimum atomic E-state index is -4.43. The molecular formula is C20H17ClF4N2O3. The van der Waals surface area contributed by atoms with E-state index in [0.717, 1.165) is 24.3 Å². The summed E-state index contributed by atoms with van der Waals surface area (Å²) < 4.78 is 57.2. The number of hydrogen-bond donors (Lipinski definition) is 0. The molecule has 0 N–H and O–H groups in total. The lowest BCUT2D eigenvalue weighted by molar-refractivity contribution is -0.137. The number of anilines is 1. The number of hydrogen-bond acceptors (Lipinski definition) is 4.